The van der Waals surface area contributed by atoms with Gasteiger partial charge in [0, 0.05) is 17.8 Å². The van der Waals surface area contributed by atoms with Crippen molar-refractivity contribution in [1.29, 1.82) is 0 Å². The van der Waals surface area contributed by atoms with Gasteiger partial charge in [-0.1, -0.05) is 5.16 Å². The minimum absolute atomic E-state index is 0.115. The molecule has 0 atom stereocenters. The summed E-state index contributed by atoms with van der Waals surface area (Å²) >= 11 is 1.27. The average Bonchev–Trinajstić information content (AvgIpc) is 3.34. The first-order chi connectivity index (χ1) is 12.9. The fourth-order valence-corrected chi connectivity index (χ4v) is 5.77. The zero-order valence-electron chi connectivity index (χ0n) is 14.6. The van der Waals surface area contributed by atoms with Crippen LogP contribution in [0, 0.1) is 13.8 Å². The molecule has 0 saturated carbocycles. The number of anilines is 1. The van der Waals surface area contributed by atoms with Crippen molar-refractivity contribution in [3.05, 3.63) is 46.2 Å². The highest BCUT2D eigenvalue weighted by atomic mass is 32.2. The number of aromatic nitrogens is 2. The Bertz CT molecular complexity index is 1080. The summed E-state index contributed by atoms with van der Waals surface area (Å²) in [6, 6.07) is 1.56. The number of carbonyl (C=O) groups is 1. The van der Waals surface area contributed by atoms with Crippen LogP contribution < -0.4 is 5.32 Å². The second-order valence-electron chi connectivity index (χ2n) is 6.10. The van der Waals surface area contributed by atoms with Crippen LogP contribution in [0.2, 0.25) is 0 Å². The van der Waals surface area contributed by atoms with Gasteiger partial charge in [0.05, 0.1) is 24.1 Å². The topological polar surface area (TPSA) is 119 Å². The molecule has 1 N–H and O–H groups in total. The van der Waals surface area contributed by atoms with E-state index in [0.717, 1.165) is 10.6 Å². The van der Waals surface area contributed by atoms with E-state index in [4.69, 9.17) is 8.94 Å². The highest BCUT2D eigenvalue weighted by Gasteiger charge is 2.34. The van der Waals surface area contributed by atoms with Gasteiger partial charge in [0.25, 0.3) is 5.91 Å². The van der Waals surface area contributed by atoms with Crippen molar-refractivity contribution in [2.45, 2.75) is 31.7 Å². The van der Waals surface area contributed by atoms with Crippen LogP contribution in [0.3, 0.4) is 0 Å². The van der Waals surface area contributed by atoms with Crippen LogP contribution in [0.4, 0.5) is 5.13 Å². The summed E-state index contributed by atoms with van der Waals surface area (Å²) in [5.74, 6) is -0.0503. The number of hydrogen-bond donors (Lipinski definition) is 1. The predicted molar refractivity (Wildman–Crippen MR) is 96.1 cm³/mol. The summed E-state index contributed by atoms with van der Waals surface area (Å²) in [6.07, 6.45) is 3.23. The molecule has 142 valence electrons. The lowest BCUT2D eigenvalue weighted by molar-refractivity contribution is 0.102. The maximum Gasteiger partial charge on any atom is 0.260 e. The molecule has 0 aliphatic carbocycles. The number of carbonyl (C=O) groups excluding carboxylic acids is 1. The Balaban J connectivity index is 1.55. The van der Waals surface area contributed by atoms with Crippen LogP contribution >= 0.6 is 11.3 Å². The van der Waals surface area contributed by atoms with Gasteiger partial charge >= 0.3 is 0 Å². The minimum Gasteiger partial charge on any atom is -0.472 e. The van der Waals surface area contributed by atoms with E-state index in [1.807, 2.05) is 0 Å². The third-order valence-electron chi connectivity index (χ3n) is 4.27. The Morgan fingerprint density at radius 2 is 2.19 bits per heavy atom. The third-order valence-corrected chi connectivity index (χ3v) is 7.35. The van der Waals surface area contributed by atoms with Crippen molar-refractivity contribution in [2.75, 3.05) is 11.9 Å². The summed E-state index contributed by atoms with van der Waals surface area (Å²) in [5.41, 5.74) is 1.54. The number of thiazole rings is 1. The first-order valence-corrected chi connectivity index (χ1v) is 10.4. The highest BCUT2D eigenvalue weighted by molar-refractivity contribution is 7.89. The van der Waals surface area contributed by atoms with Crippen LogP contribution in [0.5, 0.6) is 0 Å². The average molecular weight is 408 g/mol. The van der Waals surface area contributed by atoms with Crippen LogP contribution in [0.1, 0.15) is 32.4 Å². The minimum atomic E-state index is -3.72. The zero-order chi connectivity index (χ0) is 19.2. The Morgan fingerprint density at radius 3 is 2.85 bits per heavy atom. The first-order valence-electron chi connectivity index (χ1n) is 8.11. The van der Waals surface area contributed by atoms with Crippen LogP contribution in [-0.2, 0) is 23.0 Å². The number of aryl methyl sites for hydroxylation is 2. The monoisotopic (exact) mass is 408 g/mol. The molecule has 3 aromatic heterocycles. The summed E-state index contributed by atoms with van der Waals surface area (Å²) < 4.78 is 37.2. The molecular formula is C16H16N4O5S2. The molecule has 0 aromatic carbocycles. The summed E-state index contributed by atoms with van der Waals surface area (Å²) in [4.78, 5) is 17.5. The first kappa shape index (κ1) is 17.9. The molecule has 27 heavy (non-hydrogen) atoms. The quantitative estimate of drug-likeness (QED) is 0.704. The second kappa shape index (κ2) is 6.59. The molecule has 0 unspecified atom stereocenters. The molecule has 0 spiro atoms. The number of rotatable bonds is 4. The van der Waals surface area contributed by atoms with Crippen molar-refractivity contribution < 1.29 is 22.2 Å². The fourth-order valence-electron chi connectivity index (χ4n) is 2.97. The van der Waals surface area contributed by atoms with E-state index >= 15 is 0 Å². The van der Waals surface area contributed by atoms with Gasteiger partial charge < -0.3 is 8.94 Å². The number of hydrogen-bond acceptors (Lipinski definition) is 8. The van der Waals surface area contributed by atoms with Crippen molar-refractivity contribution >= 4 is 32.4 Å². The standard InChI is InChI=1S/C16H16N4O5S2/c1-9-14(10(2)25-19-9)27(22,23)20-5-3-12-13(7-20)26-16(17-12)18-15(21)11-4-6-24-8-11/h4,6,8H,3,5,7H2,1-2H3,(H,17,18,21). The smallest absolute Gasteiger partial charge is 0.260 e. The summed E-state index contributed by atoms with van der Waals surface area (Å²) in [7, 11) is -3.72. The largest absolute Gasteiger partial charge is 0.472 e. The van der Waals surface area contributed by atoms with Crippen LogP contribution in [0.25, 0.3) is 0 Å². The molecule has 4 heterocycles. The number of sulfonamides is 1. The lowest BCUT2D eigenvalue weighted by Crippen LogP contribution is -2.36. The van der Waals surface area contributed by atoms with E-state index in [-0.39, 0.29) is 23.1 Å². The lowest BCUT2D eigenvalue weighted by atomic mass is 10.2. The van der Waals surface area contributed by atoms with Gasteiger partial charge in [0.15, 0.2) is 10.9 Å². The van der Waals surface area contributed by atoms with Crippen molar-refractivity contribution in [3.8, 4) is 0 Å². The Hall–Kier alpha value is -2.50. The maximum absolute atomic E-state index is 13.0. The zero-order valence-corrected chi connectivity index (χ0v) is 16.2. The SMILES string of the molecule is Cc1noc(C)c1S(=O)(=O)N1CCc2nc(NC(=O)c3ccoc3)sc2C1. The number of amides is 1. The predicted octanol–water partition coefficient (Wildman–Crippen LogP) is 2.34. The van der Waals surface area contributed by atoms with E-state index in [2.05, 4.69) is 15.5 Å². The fraction of sp³-hybridized carbons (Fsp3) is 0.312. The molecule has 3 aromatic rings. The van der Waals surface area contributed by atoms with E-state index in [0.29, 0.717) is 29.4 Å². The molecule has 0 bridgehead atoms. The van der Waals surface area contributed by atoms with Gasteiger partial charge in [-0.2, -0.15) is 4.31 Å². The van der Waals surface area contributed by atoms with Crippen molar-refractivity contribution in [3.63, 3.8) is 0 Å². The van der Waals surface area contributed by atoms with Crippen LogP contribution in [0.15, 0.2) is 32.4 Å². The van der Waals surface area contributed by atoms with Gasteiger partial charge in [0.1, 0.15) is 16.9 Å². The van der Waals surface area contributed by atoms with E-state index in [9.17, 15) is 13.2 Å². The normalized spacial score (nSPS) is 14.9. The second-order valence-corrected chi connectivity index (χ2v) is 9.06. The number of nitrogens with one attached hydrogen (secondary N) is 1. The van der Waals surface area contributed by atoms with Gasteiger partial charge in [-0.05, 0) is 19.9 Å². The number of nitrogens with zero attached hydrogens (tertiary/aromatic N) is 3. The molecule has 1 amide bonds. The highest BCUT2D eigenvalue weighted by Crippen LogP contribution is 2.32. The Labute approximate surface area is 159 Å². The molecule has 11 heteroatoms. The lowest BCUT2D eigenvalue weighted by Gasteiger charge is -2.25. The molecule has 1 aliphatic heterocycles. The summed E-state index contributed by atoms with van der Waals surface area (Å²) in [5, 5.41) is 6.89. The van der Waals surface area contributed by atoms with Gasteiger partial charge in [-0.25, -0.2) is 13.4 Å². The van der Waals surface area contributed by atoms with Crippen molar-refractivity contribution in [1.82, 2.24) is 14.4 Å². The Kier molecular flexibility index (Phi) is 4.36. The molecule has 1 aliphatic rings. The van der Waals surface area contributed by atoms with Crippen LogP contribution in [-0.4, -0.2) is 35.3 Å². The molecule has 0 fully saturated rings. The third kappa shape index (κ3) is 3.17. The molecular weight excluding hydrogens is 392 g/mol. The van der Waals surface area contributed by atoms with Gasteiger partial charge in [-0.3, -0.25) is 10.1 Å². The maximum atomic E-state index is 13.0. The summed E-state index contributed by atoms with van der Waals surface area (Å²) in [6.45, 7) is 3.69. The van der Waals surface area contributed by atoms with E-state index in [1.165, 1.54) is 28.2 Å². The van der Waals surface area contributed by atoms with Gasteiger partial charge in [0.2, 0.25) is 10.0 Å². The molecule has 4 rings (SSSR count). The van der Waals surface area contributed by atoms with E-state index < -0.39 is 10.0 Å². The molecule has 0 saturated heterocycles. The Morgan fingerprint density at radius 1 is 1.37 bits per heavy atom. The number of furan rings is 1. The van der Waals surface area contributed by atoms with Crippen molar-refractivity contribution in [2.24, 2.45) is 0 Å². The molecule has 0 radical (unpaired) electrons. The number of fused-ring (bicyclic) bond motifs is 1. The van der Waals surface area contributed by atoms with Gasteiger partial charge in [-0.15, -0.1) is 11.3 Å². The van der Waals surface area contributed by atoms with E-state index in [1.54, 1.807) is 19.9 Å². The molecule has 9 nitrogen and oxygen atoms in total.